The first-order chi connectivity index (χ1) is 11.3. The van der Waals surface area contributed by atoms with E-state index in [9.17, 15) is 8.42 Å². The van der Waals surface area contributed by atoms with Gasteiger partial charge in [0.1, 0.15) is 12.4 Å². The van der Waals surface area contributed by atoms with Crippen molar-refractivity contribution < 1.29 is 13.2 Å². The number of ether oxygens (including phenoxy) is 1. The van der Waals surface area contributed by atoms with Crippen LogP contribution in [-0.4, -0.2) is 39.8 Å². The second-order valence-electron chi connectivity index (χ2n) is 5.80. The van der Waals surface area contributed by atoms with Gasteiger partial charge in [0.05, 0.1) is 4.90 Å². The predicted molar refractivity (Wildman–Crippen MR) is 97.5 cm³/mol. The Labute approximate surface area is 148 Å². The van der Waals surface area contributed by atoms with Crippen LogP contribution in [0, 0.1) is 0 Å². The average molecular weight is 368 g/mol. The van der Waals surface area contributed by atoms with Gasteiger partial charge in [0.25, 0.3) is 0 Å². The number of hydrogen-bond donors (Lipinski definition) is 0. The van der Waals surface area contributed by atoms with Gasteiger partial charge in [-0.2, -0.15) is 0 Å². The van der Waals surface area contributed by atoms with E-state index in [-0.39, 0.29) is 6.04 Å². The van der Waals surface area contributed by atoms with Gasteiger partial charge in [-0.3, -0.25) is 4.90 Å². The number of likely N-dealkylation sites (N-methyl/N-ethyl adjacent to an activating group) is 1. The third-order valence-corrected chi connectivity index (χ3v) is 5.36. The molecule has 0 saturated heterocycles. The lowest BCUT2D eigenvalue weighted by molar-refractivity contribution is 0.201. The van der Waals surface area contributed by atoms with Crippen LogP contribution in [-0.2, 0) is 9.84 Å². The van der Waals surface area contributed by atoms with E-state index in [0.29, 0.717) is 16.5 Å². The second-order valence-corrected chi connectivity index (χ2v) is 8.25. The van der Waals surface area contributed by atoms with E-state index >= 15 is 0 Å². The molecule has 0 bridgehead atoms. The van der Waals surface area contributed by atoms with E-state index in [4.69, 9.17) is 16.3 Å². The topological polar surface area (TPSA) is 46.6 Å². The van der Waals surface area contributed by atoms with Crippen LogP contribution in [0.25, 0.3) is 0 Å². The molecule has 0 aliphatic heterocycles. The summed E-state index contributed by atoms with van der Waals surface area (Å²) in [5.41, 5.74) is 1.07. The zero-order valence-corrected chi connectivity index (χ0v) is 15.6. The maximum absolute atomic E-state index is 11.5. The van der Waals surface area contributed by atoms with Crippen LogP contribution >= 0.6 is 11.6 Å². The third-order valence-electron chi connectivity index (χ3n) is 3.98. The Kier molecular flexibility index (Phi) is 6.27. The summed E-state index contributed by atoms with van der Waals surface area (Å²) in [6.07, 6.45) is 1.21. The standard InChI is InChI=1S/C18H22ClNO3S/c1-14(15-4-10-18(11-5-15)24(3,21)22)20(2)12-13-23-17-8-6-16(19)7-9-17/h4-11,14H,12-13H2,1-3H3. The van der Waals surface area contributed by atoms with Crippen molar-refractivity contribution in [3.05, 3.63) is 59.1 Å². The third kappa shape index (κ3) is 5.23. The first-order valence-electron chi connectivity index (χ1n) is 7.66. The maximum Gasteiger partial charge on any atom is 0.175 e. The van der Waals surface area contributed by atoms with E-state index in [2.05, 4.69) is 11.8 Å². The van der Waals surface area contributed by atoms with Crippen LogP contribution in [0.2, 0.25) is 5.02 Å². The minimum atomic E-state index is -3.16. The van der Waals surface area contributed by atoms with Crippen LogP contribution < -0.4 is 4.74 Å². The van der Waals surface area contributed by atoms with E-state index < -0.39 is 9.84 Å². The molecule has 6 heteroatoms. The van der Waals surface area contributed by atoms with Gasteiger partial charge in [0.2, 0.25) is 0 Å². The highest BCUT2D eigenvalue weighted by Gasteiger charge is 2.13. The molecular formula is C18H22ClNO3S. The summed E-state index contributed by atoms with van der Waals surface area (Å²) in [5.74, 6) is 0.790. The lowest BCUT2D eigenvalue weighted by Crippen LogP contribution is -2.27. The van der Waals surface area contributed by atoms with Gasteiger partial charge in [-0.1, -0.05) is 23.7 Å². The van der Waals surface area contributed by atoms with Gasteiger partial charge in [-0.05, 0) is 55.9 Å². The number of benzene rings is 2. The molecule has 130 valence electrons. The van der Waals surface area contributed by atoms with Gasteiger partial charge in [-0.25, -0.2) is 8.42 Å². The molecule has 2 rings (SSSR count). The fourth-order valence-electron chi connectivity index (χ4n) is 2.28. The number of nitrogens with zero attached hydrogens (tertiary/aromatic N) is 1. The maximum atomic E-state index is 11.5. The van der Waals surface area contributed by atoms with Crippen molar-refractivity contribution >= 4 is 21.4 Å². The summed E-state index contributed by atoms with van der Waals surface area (Å²) in [6.45, 7) is 3.39. The number of sulfone groups is 1. The summed E-state index contributed by atoms with van der Waals surface area (Å²) >= 11 is 5.84. The molecule has 24 heavy (non-hydrogen) atoms. The SMILES string of the molecule is CC(c1ccc(S(C)(=O)=O)cc1)N(C)CCOc1ccc(Cl)cc1. The molecule has 0 aliphatic rings. The largest absolute Gasteiger partial charge is 0.492 e. The molecule has 1 unspecified atom stereocenters. The Morgan fingerprint density at radius 2 is 1.67 bits per heavy atom. The van der Waals surface area contributed by atoms with Crippen LogP contribution in [0.4, 0.5) is 0 Å². The summed E-state index contributed by atoms with van der Waals surface area (Å²) in [7, 11) is -1.14. The van der Waals surface area contributed by atoms with E-state index in [1.54, 1.807) is 24.3 Å². The summed E-state index contributed by atoms with van der Waals surface area (Å²) in [6, 6.07) is 14.5. The van der Waals surface area contributed by atoms with Crippen LogP contribution in [0.5, 0.6) is 5.75 Å². The highest BCUT2D eigenvalue weighted by atomic mass is 35.5. The van der Waals surface area contributed by atoms with E-state index in [0.717, 1.165) is 17.9 Å². The molecule has 2 aromatic carbocycles. The van der Waals surface area contributed by atoms with Crippen molar-refractivity contribution in [3.63, 3.8) is 0 Å². The van der Waals surface area contributed by atoms with Crippen molar-refractivity contribution in [2.75, 3.05) is 26.5 Å². The zero-order valence-electron chi connectivity index (χ0n) is 14.1. The van der Waals surface area contributed by atoms with Crippen LogP contribution in [0.15, 0.2) is 53.4 Å². The fourth-order valence-corrected chi connectivity index (χ4v) is 3.04. The molecule has 0 heterocycles. The molecule has 0 spiro atoms. The Morgan fingerprint density at radius 1 is 1.08 bits per heavy atom. The van der Waals surface area contributed by atoms with Gasteiger partial charge in [0.15, 0.2) is 9.84 Å². The Hall–Kier alpha value is -1.56. The fraction of sp³-hybridized carbons (Fsp3) is 0.333. The van der Waals surface area contributed by atoms with Crippen molar-refractivity contribution in [1.29, 1.82) is 0 Å². The quantitative estimate of drug-likeness (QED) is 0.746. The second kappa shape index (κ2) is 8.01. The van der Waals surface area contributed by atoms with Crippen LogP contribution in [0.1, 0.15) is 18.5 Å². The minimum Gasteiger partial charge on any atom is -0.492 e. The van der Waals surface area contributed by atoms with Gasteiger partial charge in [-0.15, -0.1) is 0 Å². The number of halogens is 1. The molecule has 0 aliphatic carbocycles. The molecule has 0 amide bonds. The summed E-state index contributed by atoms with van der Waals surface area (Å²) in [5, 5.41) is 0.686. The minimum absolute atomic E-state index is 0.160. The number of hydrogen-bond acceptors (Lipinski definition) is 4. The lowest BCUT2D eigenvalue weighted by Gasteiger charge is -2.25. The van der Waals surface area contributed by atoms with Gasteiger partial charge >= 0.3 is 0 Å². The highest BCUT2D eigenvalue weighted by molar-refractivity contribution is 7.90. The van der Waals surface area contributed by atoms with Crippen molar-refractivity contribution in [2.24, 2.45) is 0 Å². The summed E-state index contributed by atoms with van der Waals surface area (Å²) in [4.78, 5) is 2.50. The highest BCUT2D eigenvalue weighted by Crippen LogP contribution is 2.21. The monoisotopic (exact) mass is 367 g/mol. The predicted octanol–water partition coefficient (Wildman–Crippen LogP) is 3.82. The van der Waals surface area contributed by atoms with E-state index in [1.807, 2.05) is 31.3 Å². The lowest BCUT2D eigenvalue weighted by atomic mass is 10.1. The van der Waals surface area contributed by atoms with Crippen molar-refractivity contribution in [3.8, 4) is 5.75 Å². The summed E-state index contributed by atoms with van der Waals surface area (Å²) < 4.78 is 28.7. The first kappa shape index (κ1) is 18.8. The first-order valence-corrected chi connectivity index (χ1v) is 9.93. The van der Waals surface area contributed by atoms with Crippen LogP contribution in [0.3, 0.4) is 0 Å². The molecular weight excluding hydrogens is 346 g/mol. The molecule has 0 fully saturated rings. The molecule has 0 N–H and O–H groups in total. The molecule has 4 nitrogen and oxygen atoms in total. The zero-order chi connectivity index (χ0) is 17.7. The van der Waals surface area contributed by atoms with Crippen molar-refractivity contribution in [2.45, 2.75) is 17.9 Å². The Bertz CT molecular complexity index is 758. The molecule has 0 saturated carbocycles. The number of rotatable bonds is 7. The average Bonchev–Trinajstić information content (AvgIpc) is 2.55. The molecule has 0 aromatic heterocycles. The van der Waals surface area contributed by atoms with Gasteiger partial charge < -0.3 is 4.74 Å². The Balaban J connectivity index is 1.89. The molecule has 2 aromatic rings. The normalized spacial score (nSPS) is 13.0. The Morgan fingerprint density at radius 3 is 2.21 bits per heavy atom. The molecule has 1 atom stereocenters. The smallest absolute Gasteiger partial charge is 0.175 e. The van der Waals surface area contributed by atoms with E-state index in [1.165, 1.54) is 6.26 Å². The molecule has 0 radical (unpaired) electrons. The van der Waals surface area contributed by atoms with Crippen molar-refractivity contribution in [1.82, 2.24) is 4.90 Å². The van der Waals surface area contributed by atoms with Gasteiger partial charge in [0, 0.05) is 23.9 Å².